The Kier molecular flexibility index (Phi) is 6.22. The van der Waals surface area contributed by atoms with Gasteiger partial charge < -0.3 is 20.3 Å². The number of amides is 2. The Morgan fingerprint density at radius 1 is 1.28 bits per heavy atom. The summed E-state index contributed by atoms with van der Waals surface area (Å²) in [6, 6.07) is 3.99. The highest BCUT2D eigenvalue weighted by molar-refractivity contribution is 5.93. The summed E-state index contributed by atoms with van der Waals surface area (Å²) in [7, 11) is 0. The second-order valence-electron chi connectivity index (χ2n) is 7.24. The van der Waals surface area contributed by atoms with Gasteiger partial charge in [0.1, 0.15) is 5.82 Å². The fourth-order valence-corrected chi connectivity index (χ4v) is 2.51. The van der Waals surface area contributed by atoms with E-state index in [-0.39, 0.29) is 12.0 Å². The third kappa shape index (κ3) is 5.62. The maximum absolute atomic E-state index is 12.0. The van der Waals surface area contributed by atoms with E-state index in [1.165, 1.54) is 0 Å². The summed E-state index contributed by atoms with van der Waals surface area (Å²) in [5, 5.41) is 6.24. The van der Waals surface area contributed by atoms with Crippen LogP contribution in [0, 0.1) is 5.41 Å². The van der Waals surface area contributed by atoms with Crippen molar-refractivity contribution in [1.29, 1.82) is 0 Å². The molecular weight excluding hydrogens is 320 g/mol. The van der Waals surface area contributed by atoms with E-state index in [0.29, 0.717) is 31.6 Å². The van der Waals surface area contributed by atoms with E-state index < -0.39 is 5.41 Å². The van der Waals surface area contributed by atoms with Gasteiger partial charge in [0.15, 0.2) is 0 Å². The fraction of sp³-hybridized carbons (Fsp3) is 0.611. The number of ether oxygens (including phenoxy) is 1. The number of carbonyl (C=O) groups is 2. The van der Waals surface area contributed by atoms with Crippen LogP contribution in [0.4, 0.5) is 16.3 Å². The van der Waals surface area contributed by atoms with Crippen LogP contribution >= 0.6 is 0 Å². The molecule has 2 heterocycles. The second kappa shape index (κ2) is 8.18. The quantitative estimate of drug-likeness (QED) is 0.873. The van der Waals surface area contributed by atoms with Crippen molar-refractivity contribution in [3.63, 3.8) is 0 Å². The predicted octanol–water partition coefficient (Wildman–Crippen LogP) is 3.10. The first-order valence-corrected chi connectivity index (χ1v) is 8.75. The van der Waals surface area contributed by atoms with Crippen LogP contribution in [0.2, 0.25) is 0 Å². The molecular formula is C18H28N4O3. The van der Waals surface area contributed by atoms with Crippen LogP contribution in [-0.4, -0.2) is 47.6 Å². The average Bonchev–Trinajstić information content (AvgIpc) is 2.56. The van der Waals surface area contributed by atoms with Crippen molar-refractivity contribution < 1.29 is 14.3 Å². The summed E-state index contributed by atoms with van der Waals surface area (Å²) in [6.07, 6.45) is 3.21. The fourth-order valence-electron chi connectivity index (χ4n) is 2.51. The molecule has 1 aliphatic rings. The molecule has 0 radical (unpaired) electrons. The van der Waals surface area contributed by atoms with Crippen molar-refractivity contribution in [1.82, 2.24) is 9.88 Å². The second-order valence-corrected chi connectivity index (χ2v) is 7.24. The zero-order chi connectivity index (χ0) is 18.4. The van der Waals surface area contributed by atoms with Crippen LogP contribution in [0.15, 0.2) is 18.3 Å². The van der Waals surface area contributed by atoms with Crippen LogP contribution in [0.25, 0.3) is 0 Å². The number of hydrogen-bond donors (Lipinski definition) is 2. The standard InChI is InChI=1S/C18H28N4O3/c1-5-25-17(24)22-10-8-13(9-11-22)20-14-6-7-15(19-12-14)21-16(23)18(2,3)4/h6-7,12-13,20H,5,8-11H2,1-4H3,(H,19,21,23). The van der Waals surface area contributed by atoms with E-state index in [2.05, 4.69) is 15.6 Å². The van der Waals surface area contributed by atoms with Crippen LogP contribution in [0.3, 0.4) is 0 Å². The Morgan fingerprint density at radius 3 is 2.48 bits per heavy atom. The molecule has 2 amide bonds. The van der Waals surface area contributed by atoms with Gasteiger partial charge in [0.2, 0.25) is 5.91 Å². The van der Waals surface area contributed by atoms with Crippen molar-refractivity contribution in [2.24, 2.45) is 5.41 Å². The number of aromatic nitrogens is 1. The van der Waals surface area contributed by atoms with E-state index >= 15 is 0 Å². The summed E-state index contributed by atoms with van der Waals surface area (Å²) in [4.78, 5) is 29.7. The molecule has 0 spiro atoms. The van der Waals surface area contributed by atoms with E-state index in [1.54, 1.807) is 17.2 Å². The number of hydrogen-bond acceptors (Lipinski definition) is 5. The highest BCUT2D eigenvalue weighted by atomic mass is 16.6. The maximum Gasteiger partial charge on any atom is 0.409 e. The molecule has 7 heteroatoms. The van der Waals surface area contributed by atoms with Gasteiger partial charge in [-0.3, -0.25) is 4.79 Å². The topological polar surface area (TPSA) is 83.6 Å². The normalized spacial score (nSPS) is 15.6. The first-order chi connectivity index (χ1) is 11.8. The molecule has 1 aliphatic heterocycles. The molecule has 1 aromatic rings. The molecule has 7 nitrogen and oxygen atoms in total. The number of nitrogens with zero attached hydrogens (tertiary/aromatic N) is 2. The third-order valence-electron chi connectivity index (χ3n) is 4.08. The average molecular weight is 348 g/mol. The molecule has 0 bridgehead atoms. The van der Waals surface area contributed by atoms with Gasteiger partial charge in [-0.1, -0.05) is 20.8 Å². The molecule has 2 rings (SSSR count). The Labute approximate surface area is 149 Å². The molecule has 1 aromatic heterocycles. The van der Waals surface area contributed by atoms with Gasteiger partial charge in [-0.15, -0.1) is 0 Å². The molecule has 25 heavy (non-hydrogen) atoms. The van der Waals surface area contributed by atoms with Gasteiger partial charge >= 0.3 is 6.09 Å². The largest absolute Gasteiger partial charge is 0.450 e. The molecule has 0 aliphatic carbocycles. The van der Waals surface area contributed by atoms with Crippen molar-refractivity contribution >= 4 is 23.5 Å². The van der Waals surface area contributed by atoms with Crippen molar-refractivity contribution in [2.45, 2.75) is 46.6 Å². The van der Waals surface area contributed by atoms with Crippen molar-refractivity contribution in [2.75, 3.05) is 30.3 Å². The zero-order valence-corrected chi connectivity index (χ0v) is 15.5. The molecule has 1 saturated heterocycles. The minimum absolute atomic E-state index is 0.0629. The summed E-state index contributed by atoms with van der Waals surface area (Å²) in [5.41, 5.74) is 0.453. The minimum atomic E-state index is -0.453. The Balaban J connectivity index is 1.82. The molecule has 0 unspecified atom stereocenters. The van der Waals surface area contributed by atoms with Crippen LogP contribution in [0.5, 0.6) is 0 Å². The first-order valence-electron chi connectivity index (χ1n) is 8.75. The Morgan fingerprint density at radius 2 is 1.96 bits per heavy atom. The van der Waals surface area contributed by atoms with Crippen molar-refractivity contribution in [3.05, 3.63) is 18.3 Å². The van der Waals surface area contributed by atoms with Crippen molar-refractivity contribution in [3.8, 4) is 0 Å². The lowest BCUT2D eigenvalue weighted by atomic mass is 9.96. The molecule has 0 saturated carbocycles. The summed E-state index contributed by atoms with van der Waals surface area (Å²) in [6.45, 7) is 9.17. The Hall–Kier alpha value is -2.31. The van der Waals surface area contributed by atoms with Gasteiger partial charge in [-0.25, -0.2) is 9.78 Å². The van der Waals surface area contributed by atoms with Gasteiger partial charge in [-0.05, 0) is 31.9 Å². The molecule has 1 fully saturated rings. The number of anilines is 2. The summed E-state index contributed by atoms with van der Waals surface area (Å²) < 4.78 is 5.03. The third-order valence-corrected chi connectivity index (χ3v) is 4.08. The molecule has 0 atom stereocenters. The van der Waals surface area contributed by atoms with Crippen LogP contribution < -0.4 is 10.6 Å². The Bertz CT molecular complexity index is 587. The summed E-state index contributed by atoms with van der Waals surface area (Å²) >= 11 is 0. The van der Waals surface area contributed by atoms with Crippen LogP contribution in [-0.2, 0) is 9.53 Å². The number of carbonyl (C=O) groups excluding carboxylic acids is 2. The molecule has 138 valence electrons. The lowest BCUT2D eigenvalue weighted by Crippen LogP contribution is -2.42. The zero-order valence-electron chi connectivity index (χ0n) is 15.5. The number of piperidine rings is 1. The van der Waals surface area contributed by atoms with Gasteiger partial charge in [0.05, 0.1) is 18.5 Å². The minimum Gasteiger partial charge on any atom is -0.450 e. The van der Waals surface area contributed by atoms with Crippen LogP contribution in [0.1, 0.15) is 40.5 Å². The molecule has 2 N–H and O–H groups in total. The van der Waals surface area contributed by atoms with E-state index in [4.69, 9.17) is 4.74 Å². The smallest absolute Gasteiger partial charge is 0.409 e. The maximum atomic E-state index is 12.0. The van der Waals surface area contributed by atoms with Gasteiger partial charge in [0, 0.05) is 24.5 Å². The lowest BCUT2D eigenvalue weighted by Gasteiger charge is -2.32. The predicted molar refractivity (Wildman–Crippen MR) is 97.6 cm³/mol. The number of nitrogens with one attached hydrogen (secondary N) is 2. The number of rotatable bonds is 4. The van der Waals surface area contributed by atoms with Gasteiger partial charge in [0.25, 0.3) is 0 Å². The highest BCUT2D eigenvalue weighted by Gasteiger charge is 2.24. The highest BCUT2D eigenvalue weighted by Crippen LogP contribution is 2.19. The number of likely N-dealkylation sites (tertiary alicyclic amines) is 1. The van der Waals surface area contributed by atoms with E-state index in [0.717, 1.165) is 18.5 Å². The lowest BCUT2D eigenvalue weighted by molar-refractivity contribution is -0.123. The number of pyridine rings is 1. The summed E-state index contributed by atoms with van der Waals surface area (Å²) in [5.74, 6) is 0.481. The van der Waals surface area contributed by atoms with E-state index in [9.17, 15) is 9.59 Å². The van der Waals surface area contributed by atoms with E-state index in [1.807, 2.05) is 33.8 Å². The SMILES string of the molecule is CCOC(=O)N1CCC(Nc2ccc(NC(=O)C(C)(C)C)nc2)CC1. The molecule has 0 aromatic carbocycles. The first kappa shape index (κ1) is 19.0. The van der Waals surface area contributed by atoms with Gasteiger partial charge in [-0.2, -0.15) is 0 Å². The monoisotopic (exact) mass is 348 g/mol.